The third-order valence-electron chi connectivity index (χ3n) is 6.28. The second kappa shape index (κ2) is 5.27. The zero-order valence-corrected chi connectivity index (χ0v) is 14.2. The van der Waals surface area contributed by atoms with Crippen molar-refractivity contribution in [2.24, 2.45) is 35.3 Å². The first kappa shape index (κ1) is 14.1. The van der Waals surface area contributed by atoms with Gasteiger partial charge < -0.3 is 10.5 Å². The van der Waals surface area contributed by atoms with E-state index in [-0.39, 0.29) is 6.04 Å². The quantitative estimate of drug-likeness (QED) is 0.869. The number of rotatable bonds is 3. The molecule has 0 spiro atoms. The molecule has 2 nitrogen and oxygen atoms in total. The summed E-state index contributed by atoms with van der Waals surface area (Å²) >= 11 is 3.60. The van der Waals surface area contributed by atoms with Gasteiger partial charge >= 0.3 is 0 Å². The van der Waals surface area contributed by atoms with Crippen LogP contribution in [0, 0.1) is 29.6 Å². The van der Waals surface area contributed by atoms with Crippen molar-refractivity contribution in [2.45, 2.75) is 38.1 Å². The highest BCUT2D eigenvalue weighted by Gasteiger charge is 2.50. The van der Waals surface area contributed by atoms with Gasteiger partial charge in [-0.2, -0.15) is 0 Å². The van der Waals surface area contributed by atoms with Crippen LogP contribution in [0.3, 0.4) is 0 Å². The zero-order chi connectivity index (χ0) is 14.6. The first-order chi connectivity index (χ1) is 10.2. The fourth-order valence-corrected chi connectivity index (χ4v) is 6.22. The molecule has 0 saturated heterocycles. The lowest BCUT2D eigenvalue weighted by Crippen LogP contribution is -2.48. The van der Waals surface area contributed by atoms with Gasteiger partial charge in [0.1, 0.15) is 5.75 Å². The molecule has 0 heterocycles. The maximum Gasteiger partial charge on any atom is 0.133 e. The third-order valence-corrected chi connectivity index (χ3v) is 6.89. The Morgan fingerprint density at radius 3 is 2.24 bits per heavy atom. The molecule has 4 fully saturated rings. The maximum atomic E-state index is 6.72. The van der Waals surface area contributed by atoms with E-state index in [2.05, 4.69) is 28.1 Å². The summed E-state index contributed by atoms with van der Waals surface area (Å²) in [6, 6.07) is 6.53. The molecule has 2 N–H and O–H groups in total. The van der Waals surface area contributed by atoms with Crippen LogP contribution in [0.4, 0.5) is 0 Å². The molecule has 3 heteroatoms. The van der Waals surface area contributed by atoms with Crippen LogP contribution >= 0.6 is 15.9 Å². The molecule has 4 bridgehead atoms. The van der Waals surface area contributed by atoms with E-state index in [4.69, 9.17) is 10.5 Å². The van der Waals surface area contributed by atoms with E-state index >= 15 is 0 Å². The average molecular weight is 350 g/mol. The lowest BCUT2D eigenvalue weighted by molar-refractivity contribution is -0.0471. The van der Waals surface area contributed by atoms with Crippen LogP contribution in [-0.4, -0.2) is 7.11 Å². The smallest absolute Gasteiger partial charge is 0.133 e. The number of ether oxygens (including phenoxy) is 1. The van der Waals surface area contributed by atoms with Gasteiger partial charge in [0.25, 0.3) is 0 Å². The summed E-state index contributed by atoms with van der Waals surface area (Å²) in [7, 11) is 1.71. The highest BCUT2D eigenvalue weighted by atomic mass is 79.9. The van der Waals surface area contributed by atoms with Crippen molar-refractivity contribution in [1.82, 2.24) is 0 Å². The Balaban J connectivity index is 1.60. The molecular weight excluding hydrogens is 326 g/mol. The van der Waals surface area contributed by atoms with Crippen LogP contribution in [0.15, 0.2) is 22.7 Å². The molecule has 1 aromatic rings. The van der Waals surface area contributed by atoms with Gasteiger partial charge in [0.05, 0.1) is 11.6 Å². The van der Waals surface area contributed by atoms with Gasteiger partial charge in [-0.05, 0) is 95.3 Å². The Morgan fingerprint density at radius 1 is 1.10 bits per heavy atom. The Kier molecular flexibility index (Phi) is 3.54. The fourth-order valence-electron chi connectivity index (χ4n) is 5.67. The minimum atomic E-state index is 0.183. The SMILES string of the molecule is COc1ccc(C(N)C2C3CC4CC(C3)CC2C4)cc1Br. The Bertz CT molecular complexity index is 516. The third kappa shape index (κ3) is 2.33. The van der Waals surface area contributed by atoms with Crippen LogP contribution in [0.1, 0.15) is 43.7 Å². The van der Waals surface area contributed by atoms with Crippen LogP contribution in [-0.2, 0) is 0 Å². The summed E-state index contributed by atoms with van der Waals surface area (Å²) < 4.78 is 6.35. The molecule has 0 aromatic heterocycles. The van der Waals surface area contributed by atoms with Crippen molar-refractivity contribution in [1.29, 1.82) is 0 Å². The predicted octanol–water partition coefficient (Wildman–Crippen LogP) is 4.53. The summed E-state index contributed by atoms with van der Waals surface area (Å²) in [6.07, 6.45) is 7.24. The van der Waals surface area contributed by atoms with E-state index < -0.39 is 0 Å². The van der Waals surface area contributed by atoms with Crippen molar-refractivity contribution in [3.63, 3.8) is 0 Å². The van der Waals surface area contributed by atoms with E-state index in [0.717, 1.165) is 33.9 Å². The van der Waals surface area contributed by atoms with E-state index in [0.29, 0.717) is 5.92 Å². The molecule has 0 radical (unpaired) electrons. The van der Waals surface area contributed by atoms with E-state index in [9.17, 15) is 0 Å². The van der Waals surface area contributed by atoms with Gasteiger partial charge in [-0.3, -0.25) is 0 Å². The number of nitrogens with two attached hydrogens (primary N) is 1. The molecule has 1 aromatic carbocycles. The molecular formula is C18H24BrNO. The normalized spacial score (nSPS) is 38.5. The van der Waals surface area contributed by atoms with Crippen LogP contribution in [0.25, 0.3) is 0 Å². The fraction of sp³-hybridized carbons (Fsp3) is 0.667. The van der Waals surface area contributed by atoms with Crippen molar-refractivity contribution in [2.75, 3.05) is 7.11 Å². The minimum absolute atomic E-state index is 0.183. The number of hydrogen-bond acceptors (Lipinski definition) is 2. The Hall–Kier alpha value is -0.540. The van der Waals surface area contributed by atoms with Gasteiger partial charge in [0.2, 0.25) is 0 Å². The van der Waals surface area contributed by atoms with Crippen molar-refractivity contribution < 1.29 is 4.74 Å². The summed E-state index contributed by atoms with van der Waals surface area (Å²) in [4.78, 5) is 0. The van der Waals surface area contributed by atoms with Crippen LogP contribution < -0.4 is 10.5 Å². The maximum absolute atomic E-state index is 6.72. The predicted molar refractivity (Wildman–Crippen MR) is 88.2 cm³/mol. The second-order valence-corrected chi connectivity index (χ2v) is 8.28. The summed E-state index contributed by atoms with van der Waals surface area (Å²) in [5, 5.41) is 0. The van der Waals surface area contributed by atoms with Gasteiger partial charge in [-0.25, -0.2) is 0 Å². The zero-order valence-electron chi connectivity index (χ0n) is 12.6. The number of methoxy groups -OCH3 is 1. The molecule has 5 rings (SSSR count). The van der Waals surface area contributed by atoms with E-state index in [1.165, 1.54) is 37.7 Å². The van der Waals surface area contributed by atoms with Crippen molar-refractivity contribution in [3.8, 4) is 5.75 Å². The largest absolute Gasteiger partial charge is 0.496 e. The minimum Gasteiger partial charge on any atom is -0.496 e. The first-order valence-electron chi connectivity index (χ1n) is 8.24. The summed E-state index contributed by atoms with van der Waals surface area (Å²) in [6.45, 7) is 0. The summed E-state index contributed by atoms with van der Waals surface area (Å²) in [5.74, 6) is 5.35. The van der Waals surface area contributed by atoms with Gasteiger partial charge in [-0.15, -0.1) is 0 Å². The second-order valence-electron chi connectivity index (χ2n) is 7.43. The molecule has 4 aliphatic rings. The monoisotopic (exact) mass is 349 g/mol. The Morgan fingerprint density at radius 2 is 1.71 bits per heavy atom. The highest BCUT2D eigenvalue weighted by Crippen LogP contribution is 2.59. The Labute approximate surface area is 135 Å². The highest BCUT2D eigenvalue weighted by molar-refractivity contribution is 9.10. The topological polar surface area (TPSA) is 35.2 Å². The van der Waals surface area contributed by atoms with Crippen molar-refractivity contribution >= 4 is 15.9 Å². The molecule has 114 valence electrons. The molecule has 4 aliphatic carbocycles. The van der Waals surface area contributed by atoms with Gasteiger partial charge in [0, 0.05) is 6.04 Å². The molecule has 0 aliphatic heterocycles. The molecule has 4 saturated carbocycles. The van der Waals surface area contributed by atoms with Gasteiger partial charge in [-0.1, -0.05) is 6.07 Å². The summed E-state index contributed by atoms with van der Waals surface area (Å²) in [5.41, 5.74) is 7.98. The van der Waals surface area contributed by atoms with Crippen LogP contribution in [0.5, 0.6) is 5.75 Å². The number of halogens is 1. The molecule has 1 atom stereocenters. The molecule has 1 unspecified atom stereocenters. The first-order valence-corrected chi connectivity index (χ1v) is 9.04. The number of hydrogen-bond donors (Lipinski definition) is 1. The lowest BCUT2D eigenvalue weighted by Gasteiger charge is -2.56. The number of benzene rings is 1. The molecule has 21 heavy (non-hydrogen) atoms. The van der Waals surface area contributed by atoms with Gasteiger partial charge in [0.15, 0.2) is 0 Å². The molecule has 0 amide bonds. The average Bonchev–Trinajstić information content (AvgIpc) is 2.45. The lowest BCUT2D eigenvalue weighted by atomic mass is 9.50. The van der Waals surface area contributed by atoms with E-state index in [1.807, 2.05) is 6.07 Å². The van der Waals surface area contributed by atoms with E-state index in [1.54, 1.807) is 7.11 Å². The van der Waals surface area contributed by atoms with Crippen LogP contribution in [0.2, 0.25) is 0 Å². The standard InChI is InChI=1S/C18H24BrNO/c1-21-16-3-2-12(9-15(16)19)18(20)17-13-5-10-4-11(7-13)8-14(17)6-10/h2-3,9-11,13-14,17-18H,4-8,20H2,1H3. The van der Waals surface area contributed by atoms with Crippen molar-refractivity contribution in [3.05, 3.63) is 28.2 Å².